The Morgan fingerprint density at radius 1 is 0.738 bits per heavy atom. The lowest BCUT2D eigenvalue weighted by atomic mass is 9.90. The third kappa shape index (κ3) is 6.05. The van der Waals surface area contributed by atoms with Gasteiger partial charge in [-0.2, -0.15) is 0 Å². The average molecular weight is 565 g/mol. The highest BCUT2D eigenvalue weighted by molar-refractivity contribution is 6.26. The molecular weight excluding hydrogens is 536 g/mol. The summed E-state index contributed by atoms with van der Waals surface area (Å²) in [6.45, 7) is -0.600. The number of benzene rings is 4. The second-order valence-corrected chi connectivity index (χ2v) is 10.3. The Kier molecular flexibility index (Phi) is 8.10. The fourth-order valence-corrected chi connectivity index (χ4v) is 5.25. The lowest BCUT2D eigenvalue weighted by Gasteiger charge is -2.27. The van der Waals surface area contributed by atoms with E-state index in [1.807, 2.05) is 6.07 Å². The van der Waals surface area contributed by atoms with Crippen molar-refractivity contribution in [3.05, 3.63) is 113 Å². The number of phenolic OH excluding ortho intramolecular Hbond substituents is 1. The quantitative estimate of drug-likeness (QED) is 0.236. The molecule has 9 nitrogen and oxygen atoms in total. The number of imide groups is 1. The molecule has 1 aliphatic rings. The van der Waals surface area contributed by atoms with E-state index in [1.165, 1.54) is 12.1 Å². The number of amides is 3. The molecular formula is C33H28N2O7. The number of hydrogen-bond donors (Lipinski definition) is 3. The van der Waals surface area contributed by atoms with Gasteiger partial charge in [0.05, 0.1) is 12.0 Å². The lowest BCUT2D eigenvalue weighted by Crippen LogP contribution is -2.50. The van der Waals surface area contributed by atoms with Crippen molar-refractivity contribution in [2.45, 2.75) is 25.3 Å². The summed E-state index contributed by atoms with van der Waals surface area (Å²) in [7, 11) is 0. The number of aliphatic carboxylic acids is 1. The molecule has 3 N–H and O–H groups in total. The van der Waals surface area contributed by atoms with Crippen molar-refractivity contribution in [2.75, 3.05) is 6.54 Å². The number of ketones is 1. The molecule has 0 saturated heterocycles. The van der Waals surface area contributed by atoms with Gasteiger partial charge in [0, 0.05) is 22.9 Å². The van der Waals surface area contributed by atoms with E-state index in [9.17, 15) is 34.2 Å². The number of phenols is 1. The van der Waals surface area contributed by atoms with Gasteiger partial charge in [0.25, 0.3) is 11.8 Å². The Balaban J connectivity index is 1.34. The molecule has 0 saturated carbocycles. The normalized spacial score (nSPS) is 14.0. The minimum atomic E-state index is -1.17. The molecule has 0 aliphatic carbocycles. The predicted octanol–water partition coefficient (Wildman–Crippen LogP) is 3.77. The summed E-state index contributed by atoms with van der Waals surface area (Å²) in [5.41, 5.74) is 2.00. The van der Waals surface area contributed by atoms with Crippen LogP contribution in [-0.4, -0.2) is 57.2 Å². The van der Waals surface area contributed by atoms with Crippen LogP contribution in [0.3, 0.4) is 0 Å². The number of carbonyl (C=O) groups excluding carboxylic acids is 4. The Hall–Kier alpha value is -5.31. The van der Waals surface area contributed by atoms with Gasteiger partial charge in [0.2, 0.25) is 5.91 Å². The van der Waals surface area contributed by atoms with E-state index in [2.05, 4.69) is 5.32 Å². The van der Waals surface area contributed by atoms with Crippen LogP contribution < -0.4 is 5.32 Å². The smallest absolute Gasteiger partial charge is 0.307 e. The number of carboxylic acids is 1. The number of aromatic hydroxyl groups is 1. The number of nitrogens with zero attached hydrogens (tertiary/aromatic N) is 1. The van der Waals surface area contributed by atoms with Gasteiger partial charge in [-0.3, -0.25) is 28.9 Å². The van der Waals surface area contributed by atoms with Gasteiger partial charge >= 0.3 is 5.97 Å². The standard InChI is InChI=1S/C33H28N2O7/c36-24-14-12-21(13-15-24)16-23(33(41)42)18-28(37)27(17-20-6-2-1-3-7-20)34-29(38)19-35-31(39)25-10-4-8-22-9-5-11-26(30(22)25)32(35)40/h1-15,23,27,36H,16-19H2,(H,34,38)(H,41,42). The van der Waals surface area contributed by atoms with E-state index in [0.717, 1.165) is 15.8 Å². The van der Waals surface area contributed by atoms with Crippen molar-refractivity contribution in [1.29, 1.82) is 0 Å². The molecule has 0 fully saturated rings. The molecule has 3 amide bonds. The molecule has 2 atom stereocenters. The highest BCUT2D eigenvalue weighted by atomic mass is 16.4. The monoisotopic (exact) mass is 564 g/mol. The van der Waals surface area contributed by atoms with Gasteiger partial charge in [0.15, 0.2) is 5.78 Å². The molecule has 4 aromatic rings. The number of carbonyl (C=O) groups is 5. The molecule has 2 unspecified atom stereocenters. The van der Waals surface area contributed by atoms with Gasteiger partial charge in [0.1, 0.15) is 12.3 Å². The minimum absolute atomic E-state index is 0.0400. The predicted molar refractivity (Wildman–Crippen MR) is 154 cm³/mol. The molecule has 42 heavy (non-hydrogen) atoms. The first kappa shape index (κ1) is 28.2. The first-order chi connectivity index (χ1) is 20.2. The number of rotatable bonds is 11. The molecule has 1 heterocycles. The number of Topliss-reactive ketones (excluding diaryl/α,β-unsaturated/α-hetero) is 1. The molecule has 0 spiro atoms. The number of hydrogen-bond acceptors (Lipinski definition) is 6. The zero-order valence-corrected chi connectivity index (χ0v) is 22.5. The number of nitrogens with one attached hydrogen (secondary N) is 1. The van der Waals surface area contributed by atoms with Gasteiger partial charge in [-0.15, -0.1) is 0 Å². The highest BCUT2D eigenvalue weighted by Crippen LogP contribution is 2.29. The minimum Gasteiger partial charge on any atom is -0.508 e. The molecule has 1 aliphatic heterocycles. The molecule has 212 valence electrons. The summed E-state index contributed by atoms with van der Waals surface area (Å²) in [6.07, 6.45) is -0.207. The van der Waals surface area contributed by atoms with E-state index in [4.69, 9.17) is 0 Å². The van der Waals surface area contributed by atoms with Crippen molar-refractivity contribution in [1.82, 2.24) is 10.2 Å². The Bertz CT molecular complexity index is 1630. The molecule has 4 aromatic carbocycles. The first-order valence-electron chi connectivity index (χ1n) is 13.5. The van der Waals surface area contributed by atoms with Crippen molar-refractivity contribution in [3.8, 4) is 5.75 Å². The second-order valence-electron chi connectivity index (χ2n) is 10.3. The summed E-state index contributed by atoms with van der Waals surface area (Å²) in [6, 6.07) is 24.1. The number of carboxylic acid groups (broad SMARTS) is 1. The molecule has 9 heteroatoms. The average Bonchev–Trinajstić information content (AvgIpc) is 2.98. The second kappa shape index (κ2) is 12.1. The van der Waals surface area contributed by atoms with Gasteiger partial charge < -0.3 is 15.5 Å². The zero-order chi connectivity index (χ0) is 29.8. The van der Waals surface area contributed by atoms with Crippen LogP contribution >= 0.6 is 0 Å². The van der Waals surface area contributed by atoms with Crippen LogP contribution in [0.2, 0.25) is 0 Å². The van der Waals surface area contributed by atoms with Crippen LogP contribution in [0, 0.1) is 5.92 Å². The fraction of sp³-hybridized carbons (Fsp3) is 0.182. The van der Waals surface area contributed by atoms with Crippen LogP contribution in [0.25, 0.3) is 10.8 Å². The van der Waals surface area contributed by atoms with Crippen LogP contribution in [0.5, 0.6) is 5.75 Å². The van der Waals surface area contributed by atoms with Crippen LogP contribution in [-0.2, 0) is 27.2 Å². The zero-order valence-electron chi connectivity index (χ0n) is 22.5. The van der Waals surface area contributed by atoms with E-state index in [1.54, 1.807) is 72.8 Å². The maximum Gasteiger partial charge on any atom is 0.307 e. The van der Waals surface area contributed by atoms with Gasteiger partial charge in [-0.25, -0.2) is 0 Å². The molecule has 0 radical (unpaired) electrons. The Morgan fingerprint density at radius 3 is 1.93 bits per heavy atom. The van der Waals surface area contributed by atoms with Crippen LogP contribution in [0.15, 0.2) is 91.0 Å². The van der Waals surface area contributed by atoms with Crippen molar-refractivity contribution in [2.24, 2.45) is 5.92 Å². The first-order valence-corrected chi connectivity index (χ1v) is 13.5. The summed E-state index contributed by atoms with van der Waals surface area (Å²) in [5, 5.41) is 23.3. The lowest BCUT2D eigenvalue weighted by molar-refractivity contribution is -0.144. The molecule has 5 rings (SSSR count). The molecule has 0 bridgehead atoms. The van der Waals surface area contributed by atoms with Gasteiger partial charge in [-0.1, -0.05) is 66.7 Å². The van der Waals surface area contributed by atoms with E-state index in [-0.39, 0.29) is 25.0 Å². The van der Waals surface area contributed by atoms with Crippen molar-refractivity contribution in [3.63, 3.8) is 0 Å². The summed E-state index contributed by atoms with van der Waals surface area (Å²) in [4.78, 5) is 66.2. The van der Waals surface area contributed by atoms with Crippen LogP contribution in [0.4, 0.5) is 0 Å². The summed E-state index contributed by atoms with van der Waals surface area (Å²) < 4.78 is 0. The largest absolute Gasteiger partial charge is 0.508 e. The van der Waals surface area contributed by atoms with Crippen LogP contribution in [0.1, 0.15) is 38.3 Å². The van der Waals surface area contributed by atoms with Gasteiger partial charge in [-0.05, 0) is 53.6 Å². The van der Waals surface area contributed by atoms with Crippen molar-refractivity contribution < 1.29 is 34.2 Å². The maximum atomic E-state index is 13.5. The van der Waals surface area contributed by atoms with E-state index in [0.29, 0.717) is 22.1 Å². The molecule has 0 aromatic heterocycles. The highest BCUT2D eigenvalue weighted by Gasteiger charge is 2.35. The third-order valence-corrected chi connectivity index (χ3v) is 7.38. The summed E-state index contributed by atoms with van der Waals surface area (Å²) >= 11 is 0. The Morgan fingerprint density at radius 2 is 1.33 bits per heavy atom. The summed E-state index contributed by atoms with van der Waals surface area (Å²) in [5.74, 6) is -4.63. The van der Waals surface area contributed by atoms with Crippen molar-refractivity contribution >= 4 is 40.2 Å². The SMILES string of the molecule is O=C(CN1C(=O)c2cccc3cccc(c23)C1=O)NC(Cc1ccccc1)C(=O)CC(Cc1ccc(O)cc1)C(=O)O. The van der Waals surface area contributed by atoms with E-state index < -0.39 is 48.0 Å². The topological polar surface area (TPSA) is 141 Å². The van der Waals surface area contributed by atoms with E-state index >= 15 is 0 Å². The fourth-order valence-electron chi connectivity index (χ4n) is 5.25. The Labute approximate surface area is 241 Å². The maximum absolute atomic E-state index is 13.5. The third-order valence-electron chi connectivity index (χ3n) is 7.38.